The van der Waals surface area contributed by atoms with Crippen LogP contribution < -0.4 is 0 Å². The van der Waals surface area contributed by atoms with E-state index in [1.54, 1.807) is 0 Å². The van der Waals surface area contributed by atoms with Crippen LogP contribution in [-0.2, 0) is 16.0 Å². The Hall–Kier alpha value is -1.22. The third-order valence-electron chi connectivity index (χ3n) is 2.33. The van der Waals surface area contributed by atoms with Crippen LogP contribution in [0.1, 0.15) is 6.92 Å². The first-order valence-corrected chi connectivity index (χ1v) is 5.34. The van der Waals surface area contributed by atoms with Gasteiger partial charge in [-0.3, -0.25) is 4.57 Å². The molecule has 1 unspecified atom stereocenters. The minimum atomic E-state index is -1.41. The number of aliphatic hydroxyl groups is 1. The summed E-state index contributed by atoms with van der Waals surface area (Å²) in [6.45, 7) is 1.41. The Morgan fingerprint density at radius 2 is 2.22 bits per heavy atom. The van der Waals surface area contributed by atoms with E-state index in [0.29, 0.717) is 0 Å². The molecule has 0 radical (unpaired) electrons. The molecule has 0 aromatic carbocycles. The smallest absolute Gasteiger partial charge is 0.383 e. The highest BCUT2D eigenvalue weighted by Gasteiger charge is 2.34. The molecule has 0 saturated carbocycles. The Bertz CT molecular complexity index is 430. The lowest BCUT2D eigenvalue weighted by Gasteiger charge is -2.30. The summed E-state index contributed by atoms with van der Waals surface area (Å²) in [7, 11) is 2.75. The van der Waals surface area contributed by atoms with Gasteiger partial charge in [0, 0.05) is 14.2 Å². The molecule has 0 bridgehead atoms. The van der Waals surface area contributed by atoms with Gasteiger partial charge in [-0.15, -0.1) is 0 Å². The van der Waals surface area contributed by atoms with Crippen LogP contribution in [-0.4, -0.2) is 45.7 Å². The molecule has 9 heteroatoms. The van der Waals surface area contributed by atoms with Crippen molar-refractivity contribution in [3.05, 3.63) is 21.6 Å². The van der Waals surface area contributed by atoms with Gasteiger partial charge in [0.05, 0.1) is 6.54 Å². The SMILES string of the molecule is COC(OC)C(C)(O)Cn1cc([N+](=O)[O-])nc1Cl. The summed E-state index contributed by atoms with van der Waals surface area (Å²) in [5.74, 6) is -0.387. The summed E-state index contributed by atoms with van der Waals surface area (Å²) in [5, 5.41) is 20.6. The van der Waals surface area contributed by atoms with E-state index < -0.39 is 16.8 Å². The maximum absolute atomic E-state index is 10.5. The number of hydrogen-bond donors (Lipinski definition) is 1. The van der Waals surface area contributed by atoms with Gasteiger partial charge in [0.25, 0.3) is 0 Å². The average Bonchev–Trinajstić information content (AvgIpc) is 2.61. The van der Waals surface area contributed by atoms with Crippen LogP contribution in [0, 0.1) is 10.1 Å². The molecule has 1 rings (SSSR count). The zero-order valence-electron chi connectivity index (χ0n) is 10.2. The molecule has 0 aliphatic carbocycles. The van der Waals surface area contributed by atoms with Gasteiger partial charge < -0.3 is 24.7 Å². The number of aromatic nitrogens is 2. The number of methoxy groups -OCH3 is 2. The quantitative estimate of drug-likeness (QED) is 0.470. The molecule has 0 aliphatic heterocycles. The summed E-state index contributed by atoms with van der Waals surface area (Å²) < 4.78 is 11.2. The van der Waals surface area contributed by atoms with Crippen LogP contribution >= 0.6 is 11.6 Å². The second-order valence-corrected chi connectivity index (χ2v) is 4.25. The largest absolute Gasteiger partial charge is 0.383 e. The van der Waals surface area contributed by atoms with Gasteiger partial charge in [0.2, 0.25) is 0 Å². The van der Waals surface area contributed by atoms with Crippen molar-refractivity contribution in [1.82, 2.24) is 9.55 Å². The molecule has 0 aliphatic rings. The minimum absolute atomic E-state index is 0.0565. The lowest BCUT2D eigenvalue weighted by Crippen LogP contribution is -2.45. The fourth-order valence-corrected chi connectivity index (χ4v) is 1.80. The highest BCUT2D eigenvalue weighted by atomic mass is 35.5. The Morgan fingerprint density at radius 1 is 1.67 bits per heavy atom. The number of rotatable bonds is 6. The minimum Gasteiger partial charge on any atom is -0.383 e. The predicted octanol–water partition coefficient (Wildman–Crippen LogP) is 0.815. The average molecular weight is 280 g/mol. The van der Waals surface area contributed by atoms with Crippen LogP contribution in [0.15, 0.2) is 6.20 Å². The number of halogens is 1. The van der Waals surface area contributed by atoms with Crippen LogP contribution in [0.2, 0.25) is 5.28 Å². The Morgan fingerprint density at radius 3 is 2.61 bits per heavy atom. The van der Waals surface area contributed by atoms with Crippen molar-refractivity contribution in [3.63, 3.8) is 0 Å². The zero-order chi connectivity index (χ0) is 13.9. The van der Waals surface area contributed by atoms with E-state index in [9.17, 15) is 15.2 Å². The van der Waals surface area contributed by atoms with Crippen molar-refractivity contribution < 1.29 is 19.5 Å². The van der Waals surface area contributed by atoms with Gasteiger partial charge in [-0.05, 0) is 28.4 Å². The van der Waals surface area contributed by atoms with Crippen molar-refractivity contribution in [3.8, 4) is 0 Å². The standard InChI is InChI=1S/C9H14ClN3O5/c1-9(14,7(17-2)18-3)5-12-4-6(13(15)16)11-8(12)10/h4,7,14H,5H2,1-3H3. The second kappa shape index (κ2) is 5.61. The maximum atomic E-state index is 10.5. The normalized spacial score (nSPS) is 14.8. The third-order valence-corrected chi connectivity index (χ3v) is 2.63. The molecule has 0 saturated heterocycles. The second-order valence-electron chi connectivity index (χ2n) is 3.91. The summed E-state index contributed by atoms with van der Waals surface area (Å²) in [5.41, 5.74) is -1.41. The van der Waals surface area contributed by atoms with Crippen molar-refractivity contribution in [2.45, 2.75) is 25.4 Å². The van der Waals surface area contributed by atoms with E-state index in [2.05, 4.69) is 4.98 Å². The number of hydrogen-bond acceptors (Lipinski definition) is 6. The lowest BCUT2D eigenvalue weighted by molar-refractivity contribution is -0.389. The Balaban J connectivity index is 2.93. The molecule has 18 heavy (non-hydrogen) atoms. The van der Waals surface area contributed by atoms with E-state index in [4.69, 9.17) is 21.1 Å². The van der Waals surface area contributed by atoms with Gasteiger partial charge >= 0.3 is 11.1 Å². The zero-order valence-corrected chi connectivity index (χ0v) is 10.9. The molecule has 0 spiro atoms. The first-order chi connectivity index (χ1) is 8.31. The van der Waals surface area contributed by atoms with Gasteiger partial charge in [-0.2, -0.15) is 0 Å². The van der Waals surface area contributed by atoms with E-state index >= 15 is 0 Å². The van der Waals surface area contributed by atoms with Gasteiger partial charge in [-0.25, -0.2) is 0 Å². The predicted molar refractivity (Wildman–Crippen MR) is 62.3 cm³/mol. The van der Waals surface area contributed by atoms with Crippen LogP contribution in [0.25, 0.3) is 0 Å². The Labute approximate surface area is 108 Å². The molecule has 1 atom stereocenters. The van der Waals surface area contributed by atoms with Gasteiger partial charge in [0.1, 0.15) is 11.8 Å². The Kier molecular flexibility index (Phi) is 4.63. The lowest BCUT2D eigenvalue weighted by atomic mass is 10.1. The molecule has 0 amide bonds. The highest BCUT2D eigenvalue weighted by Crippen LogP contribution is 2.22. The molecule has 102 valence electrons. The molecule has 1 aromatic heterocycles. The third kappa shape index (κ3) is 3.16. The molecular formula is C9H14ClN3O5. The molecular weight excluding hydrogens is 266 g/mol. The molecule has 1 heterocycles. The van der Waals surface area contributed by atoms with Crippen molar-refractivity contribution >= 4 is 17.4 Å². The van der Waals surface area contributed by atoms with E-state index in [0.717, 1.165) is 6.20 Å². The fraction of sp³-hybridized carbons (Fsp3) is 0.667. The van der Waals surface area contributed by atoms with Gasteiger partial charge in [-0.1, -0.05) is 0 Å². The number of imidazole rings is 1. The monoisotopic (exact) mass is 279 g/mol. The molecule has 1 N–H and O–H groups in total. The van der Waals surface area contributed by atoms with Crippen molar-refractivity contribution in [2.75, 3.05) is 14.2 Å². The first-order valence-electron chi connectivity index (χ1n) is 4.97. The number of nitro groups is 1. The maximum Gasteiger partial charge on any atom is 0.383 e. The topological polar surface area (TPSA) is 99.6 Å². The first kappa shape index (κ1) is 14.8. The van der Waals surface area contributed by atoms with E-state index in [1.165, 1.54) is 25.7 Å². The number of ether oxygens (including phenoxy) is 2. The van der Waals surface area contributed by atoms with Crippen LogP contribution in [0.4, 0.5) is 5.82 Å². The van der Waals surface area contributed by atoms with Crippen LogP contribution in [0.3, 0.4) is 0 Å². The summed E-state index contributed by atoms with van der Waals surface area (Å²) in [4.78, 5) is 13.4. The summed E-state index contributed by atoms with van der Waals surface area (Å²) in [6, 6.07) is 0. The van der Waals surface area contributed by atoms with Crippen molar-refractivity contribution in [1.29, 1.82) is 0 Å². The van der Waals surface area contributed by atoms with Gasteiger partial charge in [0.15, 0.2) is 6.29 Å². The summed E-state index contributed by atoms with van der Waals surface area (Å²) >= 11 is 5.74. The molecule has 1 aromatic rings. The van der Waals surface area contributed by atoms with E-state index in [-0.39, 0.29) is 17.6 Å². The van der Waals surface area contributed by atoms with Crippen molar-refractivity contribution in [2.24, 2.45) is 0 Å². The fourth-order valence-electron chi connectivity index (χ4n) is 1.60. The molecule has 0 fully saturated rings. The highest BCUT2D eigenvalue weighted by molar-refractivity contribution is 6.28. The molecule has 8 nitrogen and oxygen atoms in total. The summed E-state index contributed by atoms with van der Waals surface area (Å²) in [6.07, 6.45) is 0.245. The van der Waals surface area contributed by atoms with Crippen LogP contribution in [0.5, 0.6) is 0 Å². The number of nitrogens with zero attached hydrogens (tertiary/aromatic N) is 3. The van der Waals surface area contributed by atoms with E-state index in [1.807, 2.05) is 0 Å².